The number of hydrogen-bond acceptors (Lipinski definition) is 5. The second-order valence-electron chi connectivity index (χ2n) is 6.37. The molecule has 0 aromatic heterocycles. The van der Waals surface area contributed by atoms with Gasteiger partial charge in [0, 0.05) is 53.8 Å². The molecular weight excluding hydrogens is 334 g/mol. The molecule has 7 nitrogen and oxygen atoms in total. The van der Waals surface area contributed by atoms with Crippen molar-refractivity contribution in [2.75, 3.05) is 25.7 Å². The third-order valence-corrected chi connectivity index (χ3v) is 4.63. The first-order valence-corrected chi connectivity index (χ1v) is 8.03. The van der Waals surface area contributed by atoms with Gasteiger partial charge in [0.1, 0.15) is 6.67 Å². The largest absolute Gasteiger partial charge is 0.377 e. The first-order chi connectivity index (χ1) is 12.4. The third-order valence-electron chi connectivity index (χ3n) is 4.63. The van der Waals surface area contributed by atoms with Crippen molar-refractivity contribution in [3.8, 4) is 0 Å². The van der Waals surface area contributed by atoms with Crippen LogP contribution in [-0.2, 0) is 9.59 Å². The fourth-order valence-electron chi connectivity index (χ4n) is 3.36. The number of imide groups is 2. The number of nitrogens with zero attached hydrogens (tertiary/aromatic N) is 3. The van der Waals surface area contributed by atoms with Crippen LogP contribution >= 0.6 is 0 Å². The Bertz CT molecular complexity index is 998. The van der Waals surface area contributed by atoms with Gasteiger partial charge in [-0.1, -0.05) is 12.1 Å². The molecule has 26 heavy (non-hydrogen) atoms. The molecule has 2 aromatic carbocycles. The van der Waals surface area contributed by atoms with E-state index in [1.54, 1.807) is 18.2 Å². The van der Waals surface area contributed by atoms with Crippen LogP contribution < -0.4 is 4.90 Å². The zero-order valence-electron chi connectivity index (χ0n) is 14.2. The van der Waals surface area contributed by atoms with Crippen LogP contribution in [0.25, 0.3) is 10.8 Å². The van der Waals surface area contributed by atoms with Crippen molar-refractivity contribution in [2.45, 2.75) is 0 Å². The van der Waals surface area contributed by atoms with E-state index in [4.69, 9.17) is 0 Å². The van der Waals surface area contributed by atoms with E-state index in [2.05, 4.69) is 0 Å². The summed E-state index contributed by atoms with van der Waals surface area (Å²) in [6.45, 7) is -0.395. The highest BCUT2D eigenvalue weighted by Gasteiger charge is 2.37. The van der Waals surface area contributed by atoms with Gasteiger partial charge in [-0.25, -0.2) is 0 Å². The van der Waals surface area contributed by atoms with E-state index in [0.717, 1.165) is 33.0 Å². The van der Waals surface area contributed by atoms with E-state index in [0.29, 0.717) is 16.5 Å². The molecule has 0 radical (unpaired) electrons. The Hall–Kier alpha value is -3.48. The van der Waals surface area contributed by atoms with E-state index in [-0.39, 0.29) is 0 Å². The van der Waals surface area contributed by atoms with E-state index in [9.17, 15) is 19.2 Å². The van der Waals surface area contributed by atoms with E-state index < -0.39 is 30.3 Å². The molecule has 0 fully saturated rings. The summed E-state index contributed by atoms with van der Waals surface area (Å²) in [4.78, 5) is 53.1. The lowest BCUT2D eigenvalue weighted by molar-refractivity contribution is -0.138. The maximum atomic E-state index is 12.9. The Morgan fingerprint density at radius 1 is 0.808 bits per heavy atom. The normalized spacial score (nSPS) is 16.2. The van der Waals surface area contributed by atoms with Crippen molar-refractivity contribution in [3.63, 3.8) is 0 Å². The average Bonchev–Trinajstić information content (AvgIpc) is 2.94. The zero-order valence-corrected chi connectivity index (χ0v) is 14.2. The van der Waals surface area contributed by atoms with Crippen LogP contribution in [0.2, 0.25) is 0 Å². The van der Waals surface area contributed by atoms with Gasteiger partial charge in [0.15, 0.2) is 0 Å². The lowest BCUT2D eigenvalue weighted by atomic mass is 9.93. The minimum absolute atomic E-state index is 0.382. The Morgan fingerprint density at radius 3 is 2.04 bits per heavy atom. The summed E-state index contributed by atoms with van der Waals surface area (Å²) in [5.41, 5.74) is 1.66. The van der Waals surface area contributed by atoms with Crippen LogP contribution in [0.1, 0.15) is 20.7 Å². The number of benzene rings is 2. The van der Waals surface area contributed by atoms with Crippen molar-refractivity contribution in [1.82, 2.24) is 9.80 Å². The summed E-state index contributed by atoms with van der Waals surface area (Å²) < 4.78 is 0. The molecule has 0 unspecified atom stereocenters. The predicted octanol–water partition coefficient (Wildman–Crippen LogP) is 1.38. The van der Waals surface area contributed by atoms with Gasteiger partial charge in [-0.2, -0.15) is 0 Å². The fourth-order valence-corrected chi connectivity index (χ4v) is 3.36. The number of hydrogen-bond donors (Lipinski definition) is 0. The quantitative estimate of drug-likeness (QED) is 0.783. The summed E-state index contributed by atoms with van der Waals surface area (Å²) >= 11 is 0. The van der Waals surface area contributed by atoms with E-state index in [1.165, 1.54) is 0 Å². The summed E-state index contributed by atoms with van der Waals surface area (Å²) in [6, 6.07) is 8.77. The van der Waals surface area contributed by atoms with Crippen LogP contribution in [0.5, 0.6) is 0 Å². The number of carbonyl (C=O) groups is 4. The number of anilines is 1. The highest BCUT2D eigenvalue weighted by atomic mass is 16.2. The zero-order chi connectivity index (χ0) is 18.6. The van der Waals surface area contributed by atoms with Crippen LogP contribution in [0.3, 0.4) is 0 Å². The molecule has 130 valence electrons. The molecule has 2 heterocycles. The third kappa shape index (κ3) is 2.13. The van der Waals surface area contributed by atoms with Crippen LogP contribution in [-0.4, -0.2) is 54.2 Å². The smallest absolute Gasteiger partial charge is 0.262 e. The fraction of sp³-hybridized carbons (Fsp3) is 0.158. The molecule has 0 bridgehead atoms. The summed E-state index contributed by atoms with van der Waals surface area (Å²) in [5, 5.41) is 1.41. The van der Waals surface area contributed by atoms with Gasteiger partial charge in [0.05, 0.1) is 0 Å². The molecule has 7 heteroatoms. The molecule has 0 aliphatic carbocycles. The van der Waals surface area contributed by atoms with Crippen molar-refractivity contribution >= 4 is 40.1 Å². The van der Waals surface area contributed by atoms with Gasteiger partial charge in [0.2, 0.25) is 0 Å². The van der Waals surface area contributed by atoms with Gasteiger partial charge in [0.25, 0.3) is 23.6 Å². The van der Waals surface area contributed by atoms with Crippen molar-refractivity contribution < 1.29 is 19.2 Å². The molecule has 0 saturated heterocycles. The number of amides is 4. The maximum absolute atomic E-state index is 12.9. The van der Waals surface area contributed by atoms with Crippen molar-refractivity contribution in [1.29, 1.82) is 0 Å². The molecule has 0 N–H and O–H groups in total. The Labute approximate surface area is 149 Å². The highest BCUT2D eigenvalue weighted by Crippen LogP contribution is 2.35. The lowest BCUT2D eigenvalue weighted by Gasteiger charge is -2.30. The first-order valence-electron chi connectivity index (χ1n) is 8.03. The SMILES string of the molecule is CN(C)c1ccc2c3c(cccc13)C(=O)N(CN1C(=O)C=CC1=O)C2=O. The molecule has 2 aromatic rings. The summed E-state index contributed by atoms with van der Waals surface area (Å²) in [7, 11) is 3.78. The Kier molecular flexibility index (Phi) is 3.40. The molecule has 4 amide bonds. The van der Waals surface area contributed by atoms with Crippen LogP contribution in [0.4, 0.5) is 5.69 Å². The van der Waals surface area contributed by atoms with Gasteiger partial charge < -0.3 is 4.90 Å². The Morgan fingerprint density at radius 2 is 1.42 bits per heavy atom. The van der Waals surface area contributed by atoms with Gasteiger partial charge in [-0.15, -0.1) is 0 Å². The average molecular weight is 349 g/mol. The standard InChI is InChI=1S/C19H15N3O4/c1-20(2)14-7-6-13-17-11(14)4-3-5-12(17)18(25)22(19(13)26)10-21-15(23)8-9-16(21)24/h3-9H,10H2,1-2H3. The van der Waals surface area contributed by atoms with Crippen molar-refractivity contribution in [2.24, 2.45) is 0 Å². The lowest BCUT2D eigenvalue weighted by Crippen LogP contribution is -2.48. The molecular formula is C19H15N3O4. The molecule has 2 aliphatic heterocycles. The van der Waals surface area contributed by atoms with Gasteiger partial charge in [-0.3, -0.25) is 29.0 Å². The number of carbonyl (C=O) groups excluding carboxylic acids is 4. The van der Waals surface area contributed by atoms with Crippen LogP contribution in [0, 0.1) is 0 Å². The second-order valence-corrected chi connectivity index (χ2v) is 6.37. The highest BCUT2D eigenvalue weighted by molar-refractivity contribution is 6.27. The molecule has 0 atom stereocenters. The number of rotatable bonds is 3. The topological polar surface area (TPSA) is 78.0 Å². The van der Waals surface area contributed by atoms with E-state index in [1.807, 2.05) is 31.1 Å². The first kappa shape index (κ1) is 16.0. The monoisotopic (exact) mass is 349 g/mol. The second kappa shape index (κ2) is 5.52. The predicted molar refractivity (Wildman–Crippen MR) is 94.6 cm³/mol. The molecule has 4 rings (SSSR count). The minimum Gasteiger partial charge on any atom is -0.377 e. The van der Waals surface area contributed by atoms with Gasteiger partial charge >= 0.3 is 0 Å². The molecule has 0 spiro atoms. The van der Waals surface area contributed by atoms with Crippen molar-refractivity contribution in [3.05, 3.63) is 53.6 Å². The summed E-state index contributed by atoms with van der Waals surface area (Å²) in [5.74, 6) is -2.11. The minimum atomic E-state index is -0.539. The Balaban J connectivity index is 1.83. The van der Waals surface area contributed by atoms with E-state index >= 15 is 0 Å². The van der Waals surface area contributed by atoms with Crippen LogP contribution in [0.15, 0.2) is 42.5 Å². The van der Waals surface area contributed by atoms with Gasteiger partial charge in [-0.05, 0) is 18.2 Å². The maximum Gasteiger partial charge on any atom is 0.262 e. The summed E-state index contributed by atoms with van der Waals surface area (Å²) in [6.07, 6.45) is 2.25. The molecule has 0 saturated carbocycles. The molecule has 2 aliphatic rings.